The molecule has 2 rings (SSSR count). The molecular weight excluding hydrogens is 280 g/mol. The largest absolute Gasteiger partial charge is 0.356 e. The first-order valence-corrected chi connectivity index (χ1v) is 8.85. The minimum absolute atomic E-state index is 0.719. The van der Waals surface area contributed by atoms with E-state index in [1.54, 1.807) is 11.3 Å². The fraction of sp³-hybridized carbons (Fsp3) is 0.625. The highest BCUT2D eigenvalue weighted by Gasteiger charge is 2.17. The predicted octanol–water partition coefficient (Wildman–Crippen LogP) is 4.39. The van der Waals surface area contributed by atoms with E-state index in [9.17, 15) is 0 Å². The van der Waals surface area contributed by atoms with Gasteiger partial charge in [0.1, 0.15) is 10.6 Å². The summed E-state index contributed by atoms with van der Waals surface area (Å²) in [4.78, 5) is 12.8. The van der Waals surface area contributed by atoms with Crippen LogP contribution in [0, 0.1) is 5.92 Å². The zero-order valence-electron chi connectivity index (χ0n) is 13.5. The van der Waals surface area contributed by atoms with Gasteiger partial charge in [0.2, 0.25) is 5.95 Å². The molecule has 0 amide bonds. The number of thiophene rings is 1. The Bertz CT molecular complexity index is 562. The molecular formula is C16H26N4S. The summed E-state index contributed by atoms with van der Waals surface area (Å²) in [5.41, 5.74) is 0. The van der Waals surface area contributed by atoms with Crippen molar-refractivity contribution in [3.63, 3.8) is 0 Å². The van der Waals surface area contributed by atoms with Crippen LogP contribution in [0.4, 0.5) is 11.8 Å². The zero-order valence-corrected chi connectivity index (χ0v) is 14.3. The second-order valence-electron chi connectivity index (χ2n) is 5.26. The Labute approximate surface area is 131 Å². The molecule has 0 aliphatic heterocycles. The van der Waals surface area contributed by atoms with Crippen molar-refractivity contribution in [3.8, 4) is 0 Å². The Morgan fingerprint density at radius 3 is 2.57 bits per heavy atom. The van der Waals surface area contributed by atoms with Crippen molar-refractivity contribution in [3.05, 3.63) is 11.4 Å². The SMILES string of the molecule is CCNc1nc(N(CC)CC(CC)CC)c2ccsc2n1. The minimum Gasteiger partial charge on any atom is -0.356 e. The molecule has 21 heavy (non-hydrogen) atoms. The lowest BCUT2D eigenvalue weighted by Gasteiger charge is -2.27. The molecule has 0 atom stereocenters. The van der Waals surface area contributed by atoms with E-state index in [-0.39, 0.29) is 0 Å². The number of hydrogen-bond donors (Lipinski definition) is 1. The molecule has 0 aliphatic carbocycles. The van der Waals surface area contributed by atoms with E-state index in [0.29, 0.717) is 0 Å². The average molecular weight is 306 g/mol. The van der Waals surface area contributed by atoms with E-state index in [2.05, 4.69) is 54.3 Å². The van der Waals surface area contributed by atoms with E-state index in [0.717, 1.165) is 42.1 Å². The molecule has 0 saturated carbocycles. The molecule has 116 valence electrons. The first kappa shape index (κ1) is 16.0. The second kappa shape index (κ2) is 7.59. The summed E-state index contributed by atoms with van der Waals surface area (Å²) in [5.74, 6) is 2.54. The molecule has 0 saturated heterocycles. The van der Waals surface area contributed by atoms with Gasteiger partial charge in [-0.1, -0.05) is 26.7 Å². The highest BCUT2D eigenvalue weighted by Crippen LogP contribution is 2.30. The third-order valence-corrected chi connectivity index (χ3v) is 4.76. The van der Waals surface area contributed by atoms with Crippen LogP contribution >= 0.6 is 11.3 Å². The van der Waals surface area contributed by atoms with Crippen LogP contribution in [-0.2, 0) is 0 Å². The first-order valence-electron chi connectivity index (χ1n) is 7.97. The van der Waals surface area contributed by atoms with Gasteiger partial charge in [-0.2, -0.15) is 4.98 Å². The number of anilines is 2. The number of fused-ring (bicyclic) bond motifs is 1. The van der Waals surface area contributed by atoms with Gasteiger partial charge in [0.15, 0.2) is 0 Å². The normalized spacial score (nSPS) is 11.3. The number of nitrogens with one attached hydrogen (secondary N) is 1. The molecule has 4 nitrogen and oxygen atoms in total. The smallest absolute Gasteiger partial charge is 0.226 e. The van der Waals surface area contributed by atoms with Crippen LogP contribution in [0.25, 0.3) is 10.2 Å². The van der Waals surface area contributed by atoms with Crippen molar-refractivity contribution in [2.45, 2.75) is 40.5 Å². The van der Waals surface area contributed by atoms with Gasteiger partial charge in [-0.15, -0.1) is 11.3 Å². The highest BCUT2D eigenvalue weighted by molar-refractivity contribution is 7.16. The van der Waals surface area contributed by atoms with Gasteiger partial charge in [-0.25, -0.2) is 4.98 Å². The third-order valence-electron chi connectivity index (χ3n) is 3.95. The zero-order chi connectivity index (χ0) is 15.2. The molecule has 2 heterocycles. The van der Waals surface area contributed by atoms with Crippen molar-refractivity contribution >= 4 is 33.3 Å². The number of aromatic nitrogens is 2. The van der Waals surface area contributed by atoms with Gasteiger partial charge in [-0.05, 0) is 31.2 Å². The monoisotopic (exact) mass is 306 g/mol. The van der Waals surface area contributed by atoms with Gasteiger partial charge in [0, 0.05) is 19.6 Å². The van der Waals surface area contributed by atoms with Crippen LogP contribution in [0.1, 0.15) is 40.5 Å². The van der Waals surface area contributed by atoms with Gasteiger partial charge >= 0.3 is 0 Å². The molecule has 0 aliphatic rings. The van der Waals surface area contributed by atoms with Gasteiger partial charge in [-0.3, -0.25) is 0 Å². The van der Waals surface area contributed by atoms with Crippen LogP contribution in [0.3, 0.4) is 0 Å². The number of hydrogen-bond acceptors (Lipinski definition) is 5. The number of nitrogens with zero attached hydrogens (tertiary/aromatic N) is 3. The molecule has 0 fully saturated rings. The maximum atomic E-state index is 4.77. The van der Waals surface area contributed by atoms with Crippen LogP contribution in [0.5, 0.6) is 0 Å². The topological polar surface area (TPSA) is 41.1 Å². The highest BCUT2D eigenvalue weighted by atomic mass is 32.1. The Morgan fingerprint density at radius 2 is 1.95 bits per heavy atom. The summed E-state index contributed by atoms with van der Waals surface area (Å²) < 4.78 is 0. The van der Waals surface area contributed by atoms with Crippen LogP contribution in [0.2, 0.25) is 0 Å². The molecule has 1 N–H and O–H groups in total. The van der Waals surface area contributed by atoms with E-state index < -0.39 is 0 Å². The first-order chi connectivity index (χ1) is 10.2. The van der Waals surface area contributed by atoms with E-state index >= 15 is 0 Å². The molecule has 2 aromatic heterocycles. The predicted molar refractivity (Wildman–Crippen MR) is 93.5 cm³/mol. The molecule has 0 aromatic carbocycles. The lowest BCUT2D eigenvalue weighted by Crippen LogP contribution is -2.30. The Balaban J connectivity index is 2.38. The molecule has 0 unspecified atom stereocenters. The van der Waals surface area contributed by atoms with Crippen molar-refractivity contribution in [2.75, 3.05) is 29.9 Å². The summed E-state index contributed by atoms with van der Waals surface area (Å²) in [6.45, 7) is 11.7. The maximum Gasteiger partial charge on any atom is 0.226 e. The number of rotatable bonds is 8. The van der Waals surface area contributed by atoms with E-state index in [1.165, 1.54) is 18.2 Å². The summed E-state index contributed by atoms with van der Waals surface area (Å²) in [5, 5.41) is 6.52. The lowest BCUT2D eigenvalue weighted by molar-refractivity contribution is 0.485. The standard InChI is InChI=1S/C16H26N4S/c1-5-12(6-2)11-20(8-4)14-13-9-10-21-15(13)19-16(18-14)17-7-3/h9-10,12H,5-8,11H2,1-4H3,(H,17,18,19). The Hall–Kier alpha value is -1.36. The molecule has 2 aromatic rings. The van der Waals surface area contributed by atoms with Crippen molar-refractivity contribution in [1.29, 1.82) is 0 Å². The fourth-order valence-corrected chi connectivity index (χ4v) is 3.30. The lowest BCUT2D eigenvalue weighted by atomic mass is 10.0. The van der Waals surface area contributed by atoms with Crippen LogP contribution in [-0.4, -0.2) is 29.6 Å². The molecule has 0 spiro atoms. The molecule has 0 radical (unpaired) electrons. The van der Waals surface area contributed by atoms with Gasteiger partial charge < -0.3 is 10.2 Å². The second-order valence-corrected chi connectivity index (χ2v) is 6.16. The Morgan fingerprint density at radius 1 is 1.19 bits per heavy atom. The summed E-state index contributed by atoms with van der Waals surface area (Å²) in [6, 6.07) is 2.14. The minimum atomic E-state index is 0.719. The molecule has 5 heteroatoms. The quantitative estimate of drug-likeness (QED) is 0.785. The van der Waals surface area contributed by atoms with E-state index in [1.807, 2.05) is 0 Å². The third kappa shape index (κ3) is 3.64. The van der Waals surface area contributed by atoms with Crippen LogP contribution < -0.4 is 10.2 Å². The van der Waals surface area contributed by atoms with Gasteiger partial charge in [0.25, 0.3) is 0 Å². The fourth-order valence-electron chi connectivity index (χ4n) is 2.54. The maximum absolute atomic E-state index is 4.77. The molecule has 0 bridgehead atoms. The average Bonchev–Trinajstić information content (AvgIpc) is 2.97. The van der Waals surface area contributed by atoms with Gasteiger partial charge in [0.05, 0.1) is 5.39 Å². The van der Waals surface area contributed by atoms with Crippen molar-refractivity contribution < 1.29 is 0 Å². The summed E-state index contributed by atoms with van der Waals surface area (Å²) in [6.07, 6.45) is 2.43. The van der Waals surface area contributed by atoms with E-state index in [4.69, 9.17) is 4.98 Å². The summed E-state index contributed by atoms with van der Waals surface area (Å²) in [7, 11) is 0. The Kier molecular flexibility index (Phi) is 5.79. The summed E-state index contributed by atoms with van der Waals surface area (Å²) >= 11 is 1.68. The van der Waals surface area contributed by atoms with Crippen molar-refractivity contribution in [1.82, 2.24) is 9.97 Å². The van der Waals surface area contributed by atoms with Crippen LogP contribution in [0.15, 0.2) is 11.4 Å². The van der Waals surface area contributed by atoms with Crippen molar-refractivity contribution in [2.24, 2.45) is 5.92 Å².